The molecule has 0 atom stereocenters. The maximum absolute atomic E-state index is 12.4. The topological polar surface area (TPSA) is 71.1 Å². The molecular weight excluding hydrogens is 404 g/mol. The van der Waals surface area contributed by atoms with Gasteiger partial charge in [0.2, 0.25) is 0 Å². The van der Waals surface area contributed by atoms with Crippen molar-refractivity contribution in [3.63, 3.8) is 0 Å². The van der Waals surface area contributed by atoms with Gasteiger partial charge in [-0.1, -0.05) is 6.42 Å². The molecular formula is C19H21BrO6. The maximum atomic E-state index is 12.4. The summed E-state index contributed by atoms with van der Waals surface area (Å²) >= 11 is 3.43. The number of rotatable bonds is 4. The molecule has 1 aliphatic heterocycles. The maximum Gasteiger partial charge on any atom is 0.348 e. The molecule has 0 unspecified atom stereocenters. The molecule has 0 bridgehead atoms. The fourth-order valence-corrected chi connectivity index (χ4v) is 3.81. The van der Waals surface area contributed by atoms with Crippen molar-refractivity contribution in [3.05, 3.63) is 27.7 Å². The molecule has 3 rings (SSSR count). The zero-order chi connectivity index (χ0) is 18.7. The molecule has 2 fully saturated rings. The Bertz CT molecular complexity index is 727. The fraction of sp³-hybridized carbons (Fsp3) is 0.474. The molecule has 1 saturated carbocycles. The smallest absolute Gasteiger partial charge is 0.348 e. The summed E-state index contributed by atoms with van der Waals surface area (Å²) in [5.74, 6) is -1.32. The van der Waals surface area contributed by atoms with E-state index < -0.39 is 17.7 Å². The minimum atomic E-state index is -1.08. The second kappa shape index (κ2) is 7.70. The van der Waals surface area contributed by atoms with Gasteiger partial charge in [0.25, 0.3) is 5.79 Å². The van der Waals surface area contributed by atoms with Gasteiger partial charge in [0.15, 0.2) is 11.5 Å². The molecule has 26 heavy (non-hydrogen) atoms. The fourth-order valence-electron chi connectivity index (χ4n) is 3.24. The van der Waals surface area contributed by atoms with Gasteiger partial charge in [0.1, 0.15) is 5.57 Å². The van der Waals surface area contributed by atoms with Gasteiger partial charge >= 0.3 is 11.9 Å². The molecule has 2 aliphatic rings. The minimum absolute atomic E-state index is 0.126. The molecule has 0 radical (unpaired) electrons. The highest BCUT2D eigenvalue weighted by molar-refractivity contribution is 9.10. The van der Waals surface area contributed by atoms with Gasteiger partial charge in [-0.3, -0.25) is 0 Å². The van der Waals surface area contributed by atoms with Crippen molar-refractivity contribution in [2.24, 2.45) is 0 Å². The Morgan fingerprint density at radius 1 is 1.15 bits per heavy atom. The minimum Gasteiger partial charge on any atom is -0.493 e. The Kier molecular flexibility index (Phi) is 5.55. The molecule has 1 aliphatic carbocycles. The monoisotopic (exact) mass is 424 g/mol. The van der Waals surface area contributed by atoms with Gasteiger partial charge in [0.05, 0.1) is 18.2 Å². The van der Waals surface area contributed by atoms with E-state index in [1.807, 2.05) is 6.92 Å². The van der Waals surface area contributed by atoms with E-state index in [-0.39, 0.29) is 5.57 Å². The predicted molar refractivity (Wildman–Crippen MR) is 97.8 cm³/mol. The number of esters is 2. The van der Waals surface area contributed by atoms with E-state index in [0.29, 0.717) is 41.0 Å². The molecule has 1 spiro atoms. The number of hydrogen-bond donors (Lipinski definition) is 0. The van der Waals surface area contributed by atoms with Crippen LogP contribution in [0.5, 0.6) is 11.5 Å². The highest BCUT2D eigenvalue weighted by Crippen LogP contribution is 2.39. The largest absolute Gasteiger partial charge is 0.493 e. The van der Waals surface area contributed by atoms with Crippen molar-refractivity contribution in [2.75, 3.05) is 13.7 Å². The highest BCUT2D eigenvalue weighted by Gasteiger charge is 2.46. The van der Waals surface area contributed by atoms with Gasteiger partial charge in [-0.05, 0) is 59.5 Å². The first-order valence-electron chi connectivity index (χ1n) is 8.67. The Balaban J connectivity index is 1.89. The Morgan fingerprint density at radius 3 is 2.38 bits per heavy atom. The lowest BCUT2D eigenvalue weighted by molar-refractivity contribution is -0.244. The summed E-state index contributed by atoms with van der Waals surface area (Å²) < 4.78 is 22.5. The number of carbonyl (C=O) groups excluding carboxylic acids is 2. The lowest BCUT2D eigenvalue weighted by atomic mass is 9.93. The van der Waals surface area contributed by atoms with Crippen molar-refractivity contribution in [1.29, 1.82) is 0 Å². The lowest BCUT2D eigenvalue weighted by Gasteiger charge is -2.38. The van der Waals surface area contributed by atoms with E-state index in [2.05, 4.69) is 15.9 Å². The van der Waals surface area contributed by atoms with Crippen LogP contribution in [-0.2, 0) is 19.1 Å². The lowest BCUT2D eigenvalue weighted by Crippen LogP contribution is -2.47. The summed E-state index contributed by atoms with van der Waals surface area (Å²) in [6.07, 6.45) is 5.37. The summed E-state index contributed by atoms with van der Waals surface area (Å²) in [7, 11) is 1.52. The number of ether oxygens (including phenoxy) is 4. The first-order chi connectivity index (χ1) is 12.5. The number of hydrogen-bond acceptors (Lipinski definition) is 6. The van der Waals surface area contributed by atoms with Crippen LogP contribution >= 0.6 is 15.9 Å². The molecule has 1 saturated heterocycles. The van der Waals surface area contributed by atoms with Crippen LogP contribution in [0.25, 0.3) is 6.08 Å². The van der Waals surface area contributed by atoms with Crippen molar-refractivity contribution in [3.8, 4) is 11.5 Å². The van der Waals surface area contributed by atoms with Crippen molar-refractivity contribution in [1.82, 2.24) is 0 Å². The van der Waals surface area contributed by atoms with Crippen LogP contribution < -0.4 is 9.47 Å². The standard InChI is InChI=1S/C19H21BrO6/c1-3-24-16-14(20)10-12(11-15(16)23-2)9-13-17(21)25-19(26-18(13)22)7-5-4-6-8-19/h9-11H,3-8H2,1-2H3. The van der Waals surface area contributed by atoms with Crippen molar-refractivity contribution in [2.45, 2.75) is 44.8 Å². The third-order valence-electron chi connectivity index (χ3n) is 4.46. The van der Waals surface area contributed by atoms with Crippen LogP contribution in [0.2, 0.25) is 0 Å². The molecule has 7 heteroatoms. The van der Waals surface area contributed by atoms with Crippen LogP contribution in [0.4, 0.5) is 0 Å². The van der Waals surface area contributed by atoms with E-state index in [1.165, 1.54) is 13.2 Å². The molecule has 0 N–H and O–H groups in total. The molecule has 1 aromatic carbocycles. The molecule has 0 amide bonds. The van der Waals surface area contributed by atoms with Crippen molar-refractivity contribution >= 4 is 33.9 Å². The summed E-state index contributed by atoms with van der Waals surface area (Å²) in [6, 6.07) is 3.43. The highest BCUT2D eigenvalue weighted by atomic mass is 79.9. The average Bonchev–Trinajstić information content (AvgIpc) is 2.61. The quantitative estimate of drug-likeness (QED) is 0.413. The van der Waals surface area contributed by atoms with Crippen LogP contribution in [0.15, 0.2) is 22.2 Å². The van der Waals surface area contributed by atoms with E-state index in [4.69, 9.17) is 18.9 Å². The van der Waals surface area contributed by atoms with Crippen LogP contribution in [0.3, 0.4) is 0 Å². The third-order valence-corrected chi connectivity index (χ3v) is 5.05. The van der Waals surface area contributed by atoms with Crippen LogP contribution in [-0.4, -0.2) is 31.4 Å². The Labute approximate surface area is 160 Å². The summed E-state index contributed by atoms with van der Waals surface area (Å²) in [5.41, 5.74) is 0.472. The van der Waals surface area contributed by atoms with Gasteiger partial charge < -0.3 is 18.9 Å². The van der Waals surface area contributed by atoms with Crippen LogP contribution in [0, 0.1) is 0 Å². The van der Waals surface area contributed by atoms with Crippen molar-refractivity contribution < 1.29 is 28.5 Å². The number of benzene rings is 1. The average molecular weight is 425 g/mol. The summed E-state index contributed by atoms with van der Waals surface area (Å²) in [6.45, 7) is 2.35. The number of carbonyl (C=O) groups is 2. The van der Waals surface area contributed by atoms with E-state index in [0.717, 1.165) is 19.3 Å². The number of halogens is 1. The molecule has 140 valence electrons. The van der Waals surface area contributed by atoms with E-state index >= 15 is 0 Å². The zero-order valence-electron chi connectivity index (χ0n) is 14.8. The molecule has 1 aromatic rings. The van der Waals surface area contributed by atoms with Gasteiger partial charge in [-0.25, -0.2) is 9.59 Å². The number of methoxy groups -OCH3 is 1. The first-order valence-corrected chi connectivity index (χ1v) is 9.46. The van der Waals surface area contributed by atoms with Gasteiger partial charge in [-0.15, -0.1) is 0 Å². The molecule has 6 nitrogen and oxygen atoms in total. The second-order valence-electron chi connectivity index (χ2n) is 6.28. The predicted octanol–water partition coefficient (Wildman–Crippen LogP) is 4.00. The van der Waals surface area contributed by atoms with Gasteiger partial charge in [-0.2, -0.15) is 0 Å². The Hall–Kier alpha value is -2.02. The summed E-state index contributed by atoms with van der Waals surface area (Å²) in [4.78, 5) is 24.9. The van der Waals surface area contributed by atoms with E-state index in [1.54, 1.807) is 12.1 Å². The summed E-state index contributed by atoms with van der Waals surface area (Å²) in [5, 5.41) is 0. The first kappa shape index (κ1) is 18.8. The van der Waals surface area contributed by atoms with Gasteiger partial charge in [0, 0.05) is 12.8 Å². The molecule has 1 heterocycles. The Morgan fingerprint density at radius 2 is 1.81 bits per heavy atom. The zero-order valence-corrected chi connectivity index (χ0v) is 16.4. The van der Waals surface area contributed by atoms with Crippen LogP contribution in [0.1, 0.15) is 44.6 Å². The molecule has 0 aromatic heterocycles. The third kappa shape index (κ3) is 3.72. The normalized spacial score (nSPS) is 19.0. The second-order valence-corrected chi connectivity index (χ2v) is 7.13. The SMILES string of the molecule is CCOc1c(Br)cc(C=C2C(=O)OC3(CCCCC3)OC2=O)cc1OC. The van der Waals surface area contributed by atoms with E-state index in [9.17, 15) is 9.59 Å².